The van der Waals surface area contributed by atoms with Crippen molar-refractivity contribution >= 4 is 63.4 Å². The SMILES string of the molecule is O=C(/C=C/c1ccc2c(c1)OCO2)Nc1nnc(SCc2ccc(Cl)cc2Cl)s1. The van der Waals surface area contributed by atoms with Gasteiger partial charge < -0.3 is 9.47 Å². The Labute approximate surface area is 184 Å². The van der Waals surface area contributed by atoms with Crippen LogP contribution in [0.4, 0.5) is 5.13 Å². The molecule has 0 bridgehead atoms. The Morgan fingerprint density at radius 1 is 1.17 bits per heavy atom. The predicted molar refractivity (Wildman–Crippen MR) is 116 cm³/mol. The Kier molecular flexibility index (Phi) is 6.25. The van der Waals surface area contributed by atoms with E-state index < -0.39 is 0 Å². The summed E-state index contributed by atoms with van der Waals surface area (Å²) in [5.41, 5.74) is 1.78. The van der Waals surface area contributed by atoms with Gasteiger partial charge in [-0.15, -0.1) is 10.2 Å². The minimum absolute atomic E-state index is 0.213. The molecule has 1 aliphatic heterocycles. The van der Waals surface area contributed by atoms with Crippen molar-refractivity contribution in [2.45, 2.75) is 10.1 Å². The number of benzene rings is 2. The quantitative estimate of drug-likeness (QED) is 0.293. The van der Waals surface area contributed by atoms with E-state index in [1.807, 2.05) is 18.2 Å². The number of hydrogen-bond acceptors (Lipinski definition) is 7. The van der Waals surface area contributed by atoms with Gasteiger partial charge in [0, 0.05) is 21.9 Å². The van der Waals surface area contributed by atoms with Gasteiger partial charge in [0.05, 0.1) is 0 Å². The zero-order chi connectivity index (χ0) is 20.2. The fraction of sp³-hybridized carbons (Fsp3) is 0.105. The number of rotatable bonds is 6. The molecule has 1 aromatic heterocycles. The average molecular weight is 466 g/mol. The zero-order valence-electron chi connectivity index (χ0n) is 14.7. The number of hydrogen-bond donors (Lipinski definition) is 1. The van der Waals surface area contributed by atoms with Crippen molar-refractivity contribution in [3.8, 4) is 11.5 Å². The molecule has 2 aromatic carbocycles. The fourth-order valence-corrected chi connectivity index (χ4v) is 4.75. The number of aromatic nitrogens is 2. The largest absolute Gasteiger partial charge is 0.454 e. The first-order valence-electron chi connectivity index (χ1n) is 8.36. The predicted octanol–water partition coefficient (Wildman–Crippen LogP) is 5.52. The highest BCUT2D eigenvalue weighted by Gasteiger charge is 2.13. The number of nitrogens with zero attached hydrogens (tertiary/aromatic N) is 2. The first kappa shape index (κ1) is 20.0. The van der Waals surface area contributed by atoms with Crippen LogP contribution in [0.25, 0.3) is 6.08 Å². The molecule has 0 atom stereocenters. The monoisotopic (exact) mass is 465 g/mol. The number of thioether (sulfide) groups is 1. The van der Waals surface area contributed by atoms with Gasteiger partial charge in [-0.3, -0.25) is 10.1 Å². The first-order valence-corrected chi connectivity index (χ1v) is 10.9. The summed E-state index contributed by atoms with van der Waals surface area (Å²) < 4.78 is 11.3. The lowest BCUT2D eigenvalue weighted by Gasteiger charge is -2.02. The highest BCUT2D eigenvalue weighted by atomic mass is 35.5. The van der Waals surface area contributed by atoms with Gasteiger partial charge in [0.2, 0.25) is 17.8 Å². The van der Waals surface area contributed by atoms with Crippen molar-refractivity contribution < 1.29 is 14.3 Å². The number of anilines is 1. The molecule has 1 aliphatic rings. The lowest BCUT2D eigenvalue weighted by Crippen LogP contribution is -2.07. The standard InChI is InChI=1S/C19H13Cl2N3O3S2/c20-13-4-3-12(14(21)8-13)9-28-19-24-23-18(29-19)22-17(25)6-2-11-1-5-15-16(7-11)27-10-26-15/h1-8H,9-10H2,(H,22,23,25)/b6-2+. The van der Waals surface area contributed by atoms with Gasteiger partial charge in [-0.25, -0.2) is 0 Å². The van der Waals surface area contributed by atoms with E-state index >= 15 is 0 Å². The van der Waals surface area contributed by atoms with Crippen molar-refractivity contribution in [3.05, 3.63) is 63.6 Å². The molecule has 0 radical (unpaired) electrons. The molecule has 0 unspecified atom stereocenters. The Hall–Kier alpha value is -2.26. The minimum atomic E-state index is -0.295. The molecule has 10 heteroatoms. The first-order chi connectivity index (χ1) is 14.1. The molecular weight excluding hydrogens is 453 g/mol. The summed E-state index contributed by atoms with van der Waals surface area (Å²) in [5, 5.41) is 12.4. The molecular formula is C19H13Cl2N3O3S2. The lowest BCUT2D eigenvalue weighted by molar-refractivity contribution is -0.111. The van der Waals surface area contributed by atoms with Crippen molar-refractivity contribution in [2.75, 3.05) is 12.1 Å². The maximum Gasteiger partial charge on any atom is 0.250 e. The number of ether oxygens (including phenoxy) is 2. The maximum absolute atomic E-state index is 12.1. The molecule has 29 heavy (non-hydrogen) atoms. The fourth-order valence-electron chi connectivity index (χ4n) is 2.43. The Morgan fingerprint density at radius 3 is 2.90 bits per heavy atom. The van der Waals surface area contributed by atoms with E-state index in [0.29, 0.717) is 32.4 Å². The average Bonchev–Trinajstić information content (AvgIpc) is 3.34. The van der Waals surface area contributed by atoms with Crippen molar-refractivity contribution in [1.29, 1.82) is 0 Å². The molecule has 0 saturated carbocycles. The van der Waals surface area contributed by atoms with E-state index in [9.17, 15) is 4.79 Å². The lowest BCUT2D eigenvalue weighted by atomic mass is 10.2. The molecule has 1 amide bonds. The van der Waals surface area contributed by atoms with Crippen LogP contribution in [0.2, 0.25) is 10.0 Å². The van der Waals surface area contributed by atoms with Crippen molar-refractivity contribution in [3.63, 3.8) is 0 Å². The summed E-state index contributed by atoms with van der Waals surface area (Å²) in [6, 6.07) is 10.8. The normalized spacial score (nSPS) is 12.5. The third-order valence-electron chi connectivity index (χ3n) is 3.83. The van der Waals surface area contributed by atoms with Crippen LogP contribution >= 0.6 is 46.3 Å². The van der Waals surface area contributed by atoms with Gasteiger partial charge in [0.15, 0.2) is 15.8 Å². The molecule has 4 rings (SSSR count). The summed E-state index contributed by atoms with van der Waals surface area (Å²) in [7, 11) is 0. The minimum Gasteiger partial charge on any atom is -0.454 e. The van der Waals surface area contributed by atoms with Gasteiger partial charge >= 0.3 is 0 Å². The van der Waals surface area contributed by atoms with E-state index in [4.69, 9.17) is 32.7 Å². The number of halogens is 2. The topological polar surface area (TPSA) is 73.3 Å². The number of carbonyl (C=O) groups excluding carboxylic acids is 1. The third-order valence-corrected chi connectivity index (χ3v) is 6.43. The van der Waals surface area contributed by atoms with E-state index in [-0.39, 0.29) is 12.7 Å². The number of carbonyl (C=O) groups is 1. The molecule has 3 aromatic rings. The Morgan fingerprint density at radius 2 is 2.03 bits per heavy atom. The van der Waals surface area contributed by atoms with Crippen LogP contribution in [0.15, 0.2) is 46.8 Å². The Balaban J connectivity index is 1.32. The highest BCUT2D eigenvalue weighted by molar-refractivity contribution is 8.00. The van der Waals surface area contributed by atoms with Crippen LogP contribution in [0.5, 0.6) is 11.5 Å². The molecule has 0 saturated heterocycles. The van der Waals surface area contributed by atoms with Crippen LogP contribution in [-0.4, -0.2) is 22.9 Å². The maximum atomic E-state index is 12.1. The third kappa shape index (κ3) is 5.22. The molecule has 6 nitrogen and oxygen atoms in total. The summed E-state index contributed by atoms with van der Waals surface area (Å²) in [6.45, 7) is 0.213. The van der Waals surface area contributed by atoms with E-state index in [2.05, 4.69) is 15.5 Å². The van der Waals surface area contributed by atoms with Gasteiger partial charge in [-0.05, 0) is 41.5 Å². The number of amides is 1. The molecule has 0 spiro atoms. The number of fused-ring (bicyclic) bond motifs is 1. The van der Waals surface area contributed by atoms with Crippen LogP contribution < -0.4 is 14.8 Å². The van der Waals surface area contributed by atoms with Crippen LogP contribution in [0.3, 0.4) is 0 Å². The summed E-state index contributed by atoms with van der Waals surface area (Å²) >= 11 is 14.9. The second kappa shape index (κ2) is 9.04. The Bertz CT molecular complexity index is 1090. The van der Waals surface area contributed by atoms with Gasteiger partial charge in [0.1, 0.15) is 0 Å². The van der Waals surface area contributed by atoms with Crippen LogP contribution in [-0.2, 0) is 10.5 Å². The van der Waals surface area contributed by atoms with Crippen LogP contribution in [0.1, 0.15) is 11.1 Å². The summed E-state index contributed by atoms with van der Waals surface area (Å²) in [4.78, 5) is 12.1. The smallest absolute Gasteiger partial charge is 0.250 e. The summed E-state index contributed by atoms with van der Waals surface area (Å²) in [6.07, 6.45) is 3.12. The second-order valence-electron chi connectivity index (χ2n) is 5.83. The molecule has 2 heterocycles. The second-order valence-corrected chi connectivity index (χ2v) is 8.88. The number of nitrogens with one attached hydrogen (secondary N) is 1. The van der Waals surface area contributed by atoms with E-state index in [1.165, 1.54) is 29.2 Å². The van der Waals surface area contributed by atoms with Gasteiger partial charge in [0.25, 0.3) is 0 Å². The molecule has 1 N–H and O–H groups in total. The summed E-state index contributed by atoms with van der Waals surface area (Å²) in [5.74, 6) is 1.70. The van der Waals surface area contributed by atoms with Crippen molar-refractivity contribution in [1.82, 2.24) is 10.2 Å². The molecule has 148 valence electrons. The van der Waals surface area contributed by atoms with E-state index in [0.717, 1.165) is 15.5 Å². The van der Waals surface area contributed by atoms with E-state index in [1.54, 1.807) is 24.3 Å². The van der Waals surface area contributed by atoms with Crippen LogP contribution in [0, 0.1) is 0 Å². The van der Waals surface area contributed by atoms with Crippen molar-refractivity contribution in [2.24, 2.45) is 0 Å². The van der Waals surface area contributed by atoms with Gasteiger partial charge in [-0.2, -0.15) is 0 Å². The molecule has 0 aliphatic carbocycles. The highest BCUT2D eigenvalue weighted by Crippen LogP contribution is 2.33. The molecule has 0 fully saturated rings. The zero-order valence-corrected chi connectivity index (χ0v) is 17.9. The van der Waals surface area contributed by atoms with Gasteiger partial charge in [-0.1, -0.05) is 58.4 Å².